The maximum atomic E-state index is 12.4. The number of rotatable bonds is 5. The fraction of sp³-hybridized carbons (Fsp3) is 0.190. The Hall–Kier alpha value is -3.45. The first-order chi connectivity index (χ1) is 13.8. The van der Waals surface area contributed by atoms with Crippen LogP contribution in [0, 0.1) is 0 Å². The summed E-state index contributed by atoms with van der Waals surface area (Å²) in [4.78, 5) is 23.2. The minimum absolute atomic E-state index is 0.175. The molecule has 1 aromatic heterocycles. The Labute approximate surface area is 163 Å². The molecule has 2 aromatic carbocycles. The van der Waals surface area contributed by atoms with Crippen molar-refractivity contribution in [3.8, 4) is 11.6 Å². The third-order valence-electron chi connectivity index (χ3n) is 4.32. The summed E-state index contributed by atoms with van der Waals surface area (Å²) in [6.45, 7) is 2.80. The summed E-state index contributed by atoms with van der Waals surface area (Å²) in [6, 6.07) is 16.3. The minimum atomic E-state index is -0.175. The van der Waals surface area contributed by atoms with E-state index in [9.17, 15) is 4.79 Å². The molecule has 2 heterocycles. The van der Waals surface area contributed by atoms with Gasteiger partial charge in [0.1, 0.15) is 5.75 Å². The maximum Gasteiger partial charge on any atom is 0.263 e. The number of nitrogens with one attached hydrogen (secondary N) is 1. The second kappa shape index (κ2) is 8.49. The molecule has 142 valence electrons. The number of nitrogens with zero attached hydrogens (tertiary/aromatic N) is 3. The largest absolute Gasteiger partial charge is 0.436 e. The standard InChI is InChI=1S/C21H20N4O3/c26-20(24-17-4-2-1-3-5-17)16-6-8-18(9-7-16)28-21-19(22-10-11-23-21)25-12-14-27-15-13-25/h1-11H,12-15H2,(H,24,26). The monoisotopic (exact) mass is 376 g/mol. The molecule has 0 atom stereocenters. The van der Waals surface area contributed by atoms with E-state index in [-0.39, 0.29) is 5.91 Å². The number of morpholine rings is 1. The molecule has 0 radical (unpaired) electrons. The number of para-hydroxylation sites is 1. The van der Waals surface area contributed by atoms with Crippen LogP contribution in [0.5, 0.6) is 11.6 Å². The topological polar surface area (TPSA) is 76.6 Å². The van der Waals surface area contributed by atoms with Crippen molar-refractivity contribution in [2.45, 2.75) is 0 Å². The molecule has 1 amide bonds. The number of hydrogen-bond acceptors (Lipinski definition) is 6. The lowest BCUT2D eigenvalue weighted by atomic mass is 10.2. The van der Waals surface area contributed by atoms with Crippen molar-refractivity contribution < 1.29 is 14.3 Å². The Morgan fingerprint density at radius 3 is 2.43 bits per heavy atom. The molecule has 0 spiro atoms. The molecule has 0 bridgehead atoms. The van der Waals surface area contributed by atoms with Gasteiger partial charge in [0.2, 0.25) is 0 Å². The van der Waals surface area contributed by atoms with E-state index in [1.165, 1.54) is 0 Å². The average molecular weight is 376 g/mol. The molecule has 1 aliphatic heterocycles. The van der Waals surface area contributed by atoms with E-state index in [0.717, 1.165) is 18.8 Å². The zero-order chi connectivity index (χ0) is 19.2. The summed E-state index contributed by atoms with van der Waals surface area (Å²) in [5.41, 5.74) is 1.30. The zero-order valence-corrected chi connectivity index (χ0v) is 15.2. The van der Waals surface area contributed by atoms with Crippen LogP contribution in [0.1, 0.15) is 10.4 Å². The summed E-state index contributed by atoms with van der Waals surface area (Å²) in [7, 11) is 0. The predicted octanol–water partition coefficient (Wildman–Crippen LogP) is 3.36. The number of anilines is 2. The lowest BCUT2D eigenvalue weighted by molar-refractivity contribution is 0.102. The van der Waals surface area contributed by atoms with Gasteiger partial charge in [-0.3, -0.25) is 4.79 Å². The molecular weight excluding hydrogens is 356 g/mol. The summed E-state index contributed by atoms with van der Waals surface area (Å²) >= 11 is 0. The molecule has 1 aliphatic rings. The van der Waals surface area contributed by atoms with E-state index in [4.69, 9.17) is 9.47 Å². The van der Waals surface area contributed by atoms with Crippen molar-refractivity contribution in [3.63, 3.8) is 0 Å². The van der Waals surface area contributed by atoms with Gasteiger partial charge in [0.05, 0.1) is 13.2 Å². The van der Waals surface area contributed by atoms with Crippen LogP contribution in [0.15, 0.2) is 67.0 Å². The molecule has 4 rings (SSSR count). The van der Waals surface area contributed by atoms with E-state index in [1.54, 1.807) is 36.7 Å². The second-order valence-electron chi connectivity index (χ2n) is 6.23. The number of ether oxygens (including phenoxy) is 2. The molecule has 3 aromatic rings. The first-order valence-corrected chi connectivity index (χ1v) is 9.07. The Kier molecular flexibility index (Phi) is 5.44. The van der Waals surface area contributed by atoms with Gasteiger partial charge in [-0.1, -0.05) is 18.2 Å². The normalized spacial score (nSPS) is 13.8. The summed E-state index contributed by atoms with van der Waals surface area (Å²) in [5.74, 6) is 1.54. The smallest absolute Gasteiger partial charge is 0.263 e. The van der Waals surface area contributed by atoms with Crippen molar-refractivity contribution in [1.82, 2.24) is 9.97 Å². The SMILES string of the molecule is O=C(Nc1ccccc1)c1ccc(Oc2nccnc2N2CCOCC2)cc1. The van der Waals surface area contributed by atoms with Crippen LogP contribution < -0.4 is 15.0 Å². The number of carbonyl (C=O) groups is 1. The second-order valence-corrected chi connectivity index (χ2v) is 6.23. The van der Waals surface area contributed by atoms with E-state index >= 15 is 0 Å². The van der Waals surface area contributed by atoms with Crippen LogP contribution in [0.25, 0.3) is 0 Å². The molecule has 1 fully saturated rings. The highest BCUT2D eigenvalue weighted by atomic mass is 16.5. The quantitative estimate of drug-likeness (QED) is 0.736. The average Bonchev–Trinajstić information content (AvgIpc) is 2.76. The zero-order valence-electron chi connectivity index (χ0n) is 15.2. The van der Waals surface area contributed by atoms with Gasteiger partial charge in [-0.05, 0) is 36.4 Å². The van der Waals surface area contributed by atoms with Gasteiger partial charge < -0.3 is 19.7 Å². The number of carbonyl (C=O) groups excluding carboxylic acids is 1. The molecule has 0 saturated carbocycles. The Morgan fingerprint density at radius 2 is 1.68 bits per heavy atom. The minimum Gasteiger partial charge on any atom is -0.436 e. The van der Waals surface area contributed by atoms with Crippen LogP contribution in [0.3, 0.4) is 0 Å². The third kappa shape index (κ3) is 4.27. The Balaban J connectivity index is 1.46. The number of aromatic nitrogens is 2. The molecule has 7 heteroatoms. The number of benzene rings is 2. The van der Waals surface area contributed by atoms with Gasteiger partial charge in [-0.15, -0.1) is 0 Å². The van der Waals surface area contributed by atoms with Gasteiger partial charge in [0.25, 0.3) is 11.8 Å². The maximum absolute atomic E-state index is 12.4. The van der Waals surface area contributed by atoms with Gasteiger partial charge in [0.15, 0.2) is 5.82 Å². The van der Waals surface area contributed by atoms with Crippen molar-refractivity contribution in [1.29, 1.82) is 0 Å². The van der Waals surface area contributed by atoms with Crippen LogP contribution >= 0.6 is 0 Å². The highest BCUT2D eigenvalue weighted by Gasteiger charge is 2.18. The Morgan fingerprint density at radius 1 is 0.964 bits per heavy atom. The number of amides is 1. The third-order valence-corrected chi connectivity index (χ3v) is 4.32. The van der Waals surface area contributed by atoms with E-state index in [2.05, 4.69) is 20.2 Å². The van der Waals surface area contributed by atoms with Gasteiger partial charge in [0, 0.05) is 36.7 Å². The van der Waals surface area contributed by atoms with Gasteiger partial charge in [-0.25, -0.2) is 9.97 Å². The fourth-order valence-electron chi connectivity index (χ4n) is 2.89. The highest BCUT2D eigenvalue weighted by molar-refractivity contribution is 6.04. The predicted molar refractivity (Wildman–Crippen MR) is 106 cm³/mol. The molecule has 0 unspecified atom stereocenters. The van der Waals surface area contributed by atoms with Crippen LogP contribution in [-0.4, -0.2) is 42.2 Å². The highest BCUT2D eigenvalue weighted by Crippen LogP contribution is 2.28. The first-order valence-electron chi connectivity index (χ1n) is 9.07. The van der Waals surface area contributed by atoms with Gasteiger partial charge >= 0.3 is 0 Å². The summed E-state index contributed by atoms with van der Waals surface area (Å²) in [5, 5.41) is 2.86. The van der Waals surface area contributed by atoms with Crippen molar-refractivity contribution >= 4 is 17.4 Å². The van der Waals surface area contributed by atoms with Crippen LogP contribution in [0.4, 0.5) is 11.5 Å². The summed E-state index contributed by atoms with van der Waals surface area (Å²) in [6.07, 6.45) is 3.25. The fourth-order valence-corrected chi connectivity index (χ4v) is 2.89. The number of hydrogen-bond donors (Lipinski definition) is 1. The molecule has 28 heavy (non-hydrogen) atoms. The van der Waals surface area contributed by atoms with Crippen LogP contribution in [0.2, 0.25) is 0 Å². The van der Waals surface area contributed by atoms with E-state index in [1.807, 2.05) is 30.3 Å². The van der Waals surface area contributed by atoms with Crippen molar-refractivity contribution in [2.75, 3.05) is 36.5 Å². The van der Waals surface area contributed by atoms with Crippen LogP contribution in [-0.2, 0) is 4.74 Å². The van der Waals surface area contributed by atoms with E-state index in [0.29, 0.717) is 36.2 Å². The molecule has 1 saturated heterocycles. The lowest BCUT2D eigenvalue weighted by Crippen LogP contribution is -2.37. The van der Waals surface area contributed by atoms with Crippen molar-refractivity contribution in [2.24, 2.45) is 0 Å². The Bertz CT molecular complexity index is 926. The van der Waals surface area contributed by atoms with Crippen molar-refractivity contribution in [3.05, 3.63) is 72.6 Å². The molecule has 0 aliphatic carbocycles. The van der Waals surface area contributed by atoms with Gasteiger partial charge in [-0.2, -0.15) is 0 Å². The van der Waals surface area contributed by atoms with E-state index < -0.39 is 0 Å². The lowest BCUT2D eigenvalue weighted by Gasteiger charge is -2.28. The first kappa shape index (κ1) is 17.9. The summed E-state index contributed by atoms with van der Waals surface area (Å²) < 4.78 is 11.3. The molecule has 1 N–H and O–H groups in total. The molecular formula is C21H20N4O3. The molecule has 7 nitrogen and oxygen atoms in total.